The summed E-state index contributed by atoms with van der Waals surface area (Å²) < 4.78 is 5.87. The van der Waals surface area contributed by atoms with E-state index in [1.54, 1.807) is 13.2 Å². The van der Waals surface area contributed by atoms with Gasteiger partial charge in [-0.2, -0.15) is 0 Å². The quantitative estimate of drug-likeness (QED) is 0.233. The predicted molar refractivity (Wildman–Crippen MR) is 118 cm³/mol. The zero-order chi connectivity index (χ0) is 23.3. The van der Waals surface area contributed by atoms with Gasteiger partial charge < -0.3 is 36.4 Å². The van der Waals surface area contributed by atoms with E-state index in [2.05, 4.69) is 17.6 Å². The summed E-state index contributed by atoms with van der Waals surface area (Å²) in [7, 11) is 1.91. The predicted octanol–water partition coefficient (Wildman–Crippen LogP) is -1.77. The van der Waals surface area contributed by atoms with Gasteiger partial charge in [0, 0.05) is 12.6 Å². The Bertz CT molecular complexity index is 612. The Morgan fingerprint density at radius 3 is 2.48 bits per heavy atom. The van der Waals surface area contributed by atoms with Crippen molar-refractivity contribution in [3.05, 3.63) is 0 Å². The summed E-state index contributed by atoms with van der Waals surface area (Å²) in [5.74, 6) is -0.204. The molecule has 2 aliphatic rings. The summed E-state index contributed by atoms with van der Waals surface area (Å²) in [5.41, 5.74) is 4.62. The first-order valence-electron chi connectivity index (χ1n) is 10.9. The van der Waals surface area contributed by atoms with E-state index in [-0.39, 0.29) is 18.5 Å². The number of nitrogens with zero attached hydrogens (tertiary/aromatic N) is 1. The molecule has 0 spiro atoms. The number of thioether (sulfide) groups is 1. The van der Waals surface area contributed by atoms with E-state index in [4.69, 9.17) is 10.5 Å². The molecule has 2 saturated heterocycles. The smallest absolute Gasteiger partial charge is 0.237 e. The Morgan fingerprint density at radius 1 is 1.23 bits per heavy atom. The lowest BCUT2D eigenvalue weighted by Crippen LogP contribution is -2.67. The highest BCUT2D eigenvalue weighted by Gasteiger charge is 2.48. The molecule has 2 heterocycles. The number of aliphatic hydroxyl groups excluding tert-OH is 3. The number of hydrogen-bond acceptors (Lipinski definition) is 9. The van der Waals surface area contributed by atoms with Gasteiger partial charge in [0.1, 0.15) is 29.9 Å². The average molecular weight is 463 g/mol. The second-order valence-corrected chi connectivity index (χ2v) is 9.55. The third-order valence-electron chi connectivity index (χ3n) is 6.25. The summed E-state index contributed by atoms with van der Waals surface area (Å²) in [6.07, 6.45) is -0.667. The van der Waals surface area contributed by atoms with Crippen LogP contribution in [0.4, 0.5) is 0 Å². The molecule has 180 valence electrons. The van der Waals surface area contributed by atoms with Gasteiger partial charge in [-0.25, -0.2) is 0 Å². The summed E-state index contributed by atoms with van der Waals surface area (Å²) in [4.78, 5) is 27.1. The fourth-order valence-corrected chi connectivity index (χ4v) is 5.23. The number of carbonyl (C=O) groups is 2. The molecule has 2 rings (SSSR count). The van der Waals surface area contributed by atoms with Gasteiger partial charge in [0.2, 0.25) is 11.8 Å². The zero-order valence-electron chi connectivity index (χ0n) is 18.7. The second kappa shape index (κ2) is 11.8. The van der Waals surface area contributed by atoms with Crippen molar-refractivity contribution in [2.24, 2.45) is 11.7 Å². The number of amides is 2. The number of nitrogens with two attached hydrogens (primary N) is 1. The van der Waals surface area contributed by atoms with E-state index in [9.17, 15) is 24.9 Å². The first kappa shape index (κ1) is 26.3. The lowest BCUT2D eigenvalue weighted by molar-refractivity contribution is -0.207. The third kappa shape index (κ3) is 6.31. The molecule has 11 heteroatoms. The van der Waals surface area contributed by atoms with E-state index in [1.807, 2.05) is 11.9 Å². The molecule has 0 radical (unpaired) electrons. The van der Waals surface area contributed by atoms with Crippen LogP contribution in [0.5, 0.6) is 0 Å². The number of rotatable bonds is 9. The highest BCUT2D eigenvalue weighted by Crippen LogP contribution is 2.30. The Morgan fingerprint density at radius 2 is 1.90 bits per heavy atom. The van der Waals surface area contributed by atoms with Crippen molar-refractivity contribution in [1.29, 1.82) is 0 Å². The standard InChI is InChI=1S/C20H38N4O6S/c1-5-6-11-7-12(24(3)9-11)19(29)23-14(10(2)22-13(25)8-21)18-16(27)15(26)17(28)20(30-18)31-4/h10-12,14-18,20,26-28H,5-9,21H2,1-4H3,(H,22,25)(H,23,29)/t10?,11-,12+,14-,15?,16?,17-,18-,20?/m1/s1. The zero-order valence-corrected chi connectivity index (χ0v) is 19.5. The Balaban J connectivity index is 2.22. The number of carbonyl (C=O) groups excluding carboxylic acids is 2. The highest BCUT2D eigenvalue weighted by atomic mass is 32.2. The van der Waals surface area contributed by atoms with Gasteiger partial charge in [0.05, 0.1) is 18.6 Å². The van der Waals surface area contributed by atoms with Crippen molar-refractivity contribution in [1.82, 2.24) is 15.5 Å². The minimum Gasteiger partial charge on any atom is -0.388 e. The average Bonchev–Trinajstić information content (AvgIpc) is 3.11. The van der Waals surface area contributed by atoms with Gasteiger partial charge in [0.25, 0.3) is 0 Å². The molecule has 2 amide bonds. The minimum absolute atomic E-state index is 0.224. The molecular weight excluding hydrogens is 424 g/mol. The van der Waals surface area contributed by atoms with Gasteiger partial charge in [-0.3, -0.25) is 14.5 Å². The number of ether oxygens (including phenoxy) is 1. The van der Waals surface area contributed by atoms with Gasteiger partial charge in [-0.05, 0) is 39.0 Å². The van der Waals surface area contributed by atoms with E-state index in [0.29, 0.717) is 5.92 Å². The molecule has 7 N–H and O–H groups in total. The normalized spacial score (nSPS) is 36.1. The van der Waals surface area contributed by atoms with Crippen LogP contribution in [0.2, 0.25) is 0 Å². The minimum atomic E-state index is -1.45. The SMILES string of the molecule is CCC[C@@H]1C[C@@H](C(=O)N[C@H](C(C)NC(=O)CN)[C@H]2OC(SC)[C@H](O)C(O)C2O)N(C)C1. The molecule has 10 nitrogen and oxygen atoms in total. The van der Waals surface area contributed by atoms with Crippen LogP contribution in [-0.2, 0) is 14.3 Å². The first-order valence-corrected chi connectivity index (χ1v) is 12.2. The highest BCUT2D eigenvalue weighted by molar-refractivity contribution is 7.99. The van der Waals surface area contributed by atoms with Crippen molar-refractivity contribution in [3.8, 4) is 0 Å². The van der Waals surface area contributed by atoms with Gasteiger partial charge in [0.15, 0.2) is 0 Å². The van der Waals surface area contributed by atoms with Crippen molar-refractivity contribution >= 4 is 23.6 Å². The summed E-state index contributed by atoms with van der Waals surface area (Å²) in [6.45, 7) is 4.41. The van der Waals surface area contributed by atoms with E-state index >= 15 is 0 Å². The van der Waals surface area contributed by atoms with Crippen LogP contribution in [0.1, 0.15) is 33.1 Å². The molecule has 0 aromatic heterocycles. The fourth-order valence-electron chi connectivity index (χ4n) is 4.55. The molecule has 0 aliphatic carbocycles. The number of likely N-dealkylation sites (N-methyl/N-ethyl adjacent to an activating group) is 1. The van der Waals surface area contributed by atoms with Crippen LogP contribution in [0.3, 0.4) is 0 Å². The van der Waals surface area contributed by atoms with Crippen LogP contribution in [0.25, 0.3) is 0 Å². The van der Waals surface area contributed by atoms with E-state index < -0.39 is 47.8 Å². The molecule has 2 aliphatic heterocycles. The molecule has 4 unspecified atom stereocenters. The van der Waals surface area contributed by atoms with Gasteiger partial charge >= 0.3 is 0 Å². The molecule has 31 heavy (non-hydrogen) atoms. The number of aliphatic hydroxyl groups is 3. The summed E-state index contributed by atoms with van der Waals surface area (Å²) in [6, 6.07) is -1.81. The Kier molecular flexibility index (Phi) is 9.99. The Labute approximate surface area is 188 Å². The molecular formula is C20H38N4O6S. The van der Waals surface area contributed by atoms with E-state index in [0.717, 1.165) is 25.8 Å². The number of nitrogens with one attached hydrogen (secondary N) is 2. The second-order valence-electron chi connectivity index (χ2n) is 8.62. The topological polar surface area (TPSA) is 157 Å². The molecule has 0 saturated carbocycles. The van der Waals surface area contributed by atoms with Gasteiger partial charge in [-0.15, -0.1) is 11.8 Å². The lowest BCUT2D eigenvalue weighted by atomic mass is 9.90. The van der Waals surface area contributed by atoms with Crippen molar-refractivity contribution < 1.29 is 29.6 Å². The third-order valence-corrected chi connectivity index (χ3v) is 7.10. The maximum absolute atomic E-state index is 13.2. The first-order chi connectivity index (χ1) is 14.6. The molecule has 0 aromatic rings. The molecule has 0 aromatic carbocycles. The van der Waals surface area contributed by atoms with Crippen LogP contribution in [0, 0.1) is 5.92 Å². The van der Waals surface area contributed by atoms with Crippen molar-refractivity contribution in [2.75, 3.05) is 26.4 Å². The van der Waals surface area contributed by atoms with Crippen molar-refractivity contribution in [2.45, 2.75) is 81.1 Å². The van der Waals surface area contributed by atoms with Crippen LogP contribution in [0.15, 0.2) is 0 Å². The molecule has 2 fully saturated rings. The van der Waals surface area contributed by atoms with Gasteiger partial charge in [-0.1, -0.05) is 13.3 Å². The molecule has 0 bridgehead atoms. The van der Waals surface area contributed by atoms with Crippen LogP contribution in [-0.4, -0.2) is 106 Å². The van der Waals surface area contributed by atoms with Crippen LogP contribution < -0.4 is 16.4 Å². The number of hydrogen-bond donors (Lipinski definition) is 6. The van der Waals surface area contributed by atoms with Crippen LogP contribution >= 0.6 is 11.8 Å². The summed E-state index contributed by atoms with van der Waals surface area (Å²) >= 11 is 1.19. The largest absolute Gasteiger partial charge is 0.388 e. The lowest BCUT2D eigenvalue weighted by Gasteiger charge is -2.45. The fraction of sp³-hybridized carbons (Fsp3) is 0.900. The maximum Gasteiger partial charge on any atom is 0.237 e. The Hall–Kier alpha value is -0.950. The summed E-state index contributed by atoms with van der Waals surface area (Å²) in [5, 5.41) is 36.8. The monoisotopic (exact) mass is 462 g/mol. The van der Waals surface area contributed by atoms with E-state index in [1.165, 1.54) is 11.8 Å². The molecule has 9 atom stereocenters. The van der Waals surface area contributed by atoms with Crippen molar-refractivity contribution in [3.63, 3.8) is 0 Å². The maximum atomic E-state index is 13.2. The number of likely N-dealkylation sites (tertiary alicyclic amines) is 1.